The highest BCUT2D eigenvalue weighted by molar-refractivity contribution is 5.91. The van der Waals surface area contributed by atoms with Crippen LogP contribution in [-0.2, 0) is 14.2 Å². The molecule has 492 valence electrons. The van der Waals surface area contributed by atoms with Gasteiger partial charge in [-0.3, -0.25) is 0 Å². The van der Waals surface area contributed by atoms with E-state index in [2.05, 4.69) is 56.5 Å². The smallest absolute Gasteiger partial charge is 0.391 e. The van der Waals surface area contributed by atoms with E-state index in [1.54, 1.807) is 20.8 Å². The van der Waals surface area contributed by atoms with E-state index in [4.69, 9.17) is 28.4 Å². The third kappa shape index (κ3) is 19.5. The van der Waals surface area contributed by atoms with Crippen molar-refractivity contribution in [1.29, 1.82) is 0 Å². The zero-order valence-electron chi connectivity index (χ0n) is 54.4. The molecule has 0 fully saturated rings. The van der Waals surface area contributed by atoms with Crippen molar-refractivity contribution in [1.82, 2.24) is 13.7 Å². The number of aliphatic imine (C=N–C) groups is 3. The number of aromatic nitrogens is 3. The van der Waals surface area contributed by atoms with Gasteiger partial charge in [-0.25, -0.2) is 42.5 Å². The van der Waals surface area contributed by atoms with Crippen LogP contribution in [0.1, 0.15) is 166 Å². The summed E-state index contributed by atoms with van der Waals surface area (Å²) in [5.41, 5.74) is -1.46. The third-order valence-electron chi connectivity index (χ3n) is 16.0. The zero-order chi connectivity index (χ0) is 67.1. The molecule has 1 heterocycles. The Morgan fingerprint density at radius 1 is 0.409 bits per heavy atom. The molecule has 0 aliphatic heterocycles. The first-order valence-corrected chi connectivity index (χ1v) is 31.8. The van der Waals surface area contributed by atoms with Gasteiger partial charge in [-0.2, -0.15) is 15.0 Å². The van der Waals surface area contributed by atoms with E-state index in [1.165, 1.54) is 127 Å². The molecule has 7 aromatic rings. The first-order valence-electron chi connectivity index (χ1n) is 31.8. The lowest BCUT2D eigenvalue weighted by atomic mass is 10.0. The van der Waals surface area contributed by atoms with Gasteiger partial charge in [0, 0.05) is 0 Å². The van der Waals surface area contributed by atoms with E-state index in [0.717, 1.165) is 90.8 Å². The Bertz CT molecular complexity index is 3800. The van der Waals surface area contributed by atoms with Crippen molar-refractivity contribution in [2.75, 3.05) is 19.8 Å². The van der Waals surface area contributed by atoms with E-state index in [1.807, 2.05) is 0 Å². The molecule has 0 aliphatic carbocycles. The Hall–Kier alpha value is -10.1. The number of aliphatic hydroxyl groups excluding tert-OH is 3. The fraction of sp³-hybridized carbons (Fsp3) is 0.375. The van der Waals surface area contributed by atoms with E-state index >= 15 is 14.4 Å². The Kier molecular flexibility index (Phi) is 26.0. The standard InChI is InChI=1S/C72H84N6O15/c1-10-16-19-49(13-4)43-88-64(79)52-25-34-58(35-26-52)91-67(82)73-55-31-22-48(9)63(40-55)78-71(86)76(56-32-23-46(7)61(41-56)74-68(83)92-59-36-27-53(28-37-59)65(80)89-44-50(14-5)20-17-11-2)70(85)77(72(78)87)57-33-24-47(8)62(42-57)75-69(84)93-60-38-29-54(30-39-60)66(81)90-45-51(15-6)21-18-12-3/h22-42,49-51H,10-21,43-45H2,1-9H3,(H,73,82)(H,74,83)(H,75,84). The summed E-state index contributed by atoms with van der Waals surface area (Å²) in [5.74, 6) is -0.361. The molecule has 1 aromatic heterocycles. The highest BCUT2D eigenvalue weighted by atomic mass is 16.6. The summed E-state index contributed by atoms with van der Waals surface area (Å²) in [7, 11) is 0. The van der Waals surface area contributed by atoms with Crippen molar-refractivity contribution in [2.24, 2.45) is 32.7 Å². The lowest BCUT2D eigenvalue weighted by molar-refractivity contribution is 0.0419. The van der Waals surface area contributed by atoms with Gasteiger partial charge in [0.15, 0.2) is 0 Å². The minimum Gasteiger partial charge on any atom is -0.466 e. The summed E-state index contributed by atoms with van der Waals surface area (Å²) in [5, 5.41) is 33.3. The van der Waals surface area contributed by atoms with Gasteiger partial charge >= 0.3 is 53.2 Å². The summed E-state index contributed by atoms with van der Waals surface area (Å²) >= 11 is 0. The second kappa shape index (κ2) is 34.4. The van der Waals surface area contributed by atoms with E-state index in [-0.39, 0.29) is 85.8 Å². The number of aliphatic hydroxyl groups is 3. The lowest BCUT2D eigenvalue weighted by Gasteiger charge is -2.17. The van der Waals surface area contributed by atoms with Gasteiger partial charge in [0.25, 0.3) is 0 Å². The van der Waals surface area contributed by atoms with Crippen LogP contribution >= 0.6 is 0 Å². The van der Waals surface area contributed by atoms with Gasteiger partial charge in [-0.15, -0.1) is 0 Å². The lowest BCUT2D eigenvalue weighted by Crippen LogP contribution is -2.53. The molecule has 0 aliphatic rings. The molecule has 21 nitrogen and oxygen atoms in total. The molecular weight excluding hydrogens is 1190 g/mol. The third-order valence-corrected chi connectivity index (χ3v) is 16.0. The maximum absolute atomic E-state index is 15.1. The summed E-state index contributed by atoms with van der Waals surface area (Å²) in [4.78, 5) is 96.8. The maximum Gasteiger partial charge on any atom is 0.391 e. The largest absolute Gasteiger partial charge is 0.466 e. The quantitative estimate of drug-likeness (QED) is 0.0163. The second-order valence-corrected chi connectivity index (χ2v) is 22.9. The molecule has 3 unspecified atom stereocenters. The van der Waals surface area contributed by atoms with Gasteiger partial charge in [-0.1, -0.05) is 118 Å². The molecule has 0 amide bonds. The molecule has 3 N–H and O–H groups in total. The number of carbonyl (C=O) groups excluding carboxylic acids is 3. The molecule has 0 saturated carbocycles. The SMILES string of the molecule is CCCCC(CC)COC(=O)c1ccc(OC(O)=Nc2ccc(C)c(-n3c(=O)n(-c4ccc(C)c(N=C(O)Oc5ccc(C(=O)OCC(CC)CCCC)cc5)c4)c(=O)n(-c4ccc(C)c(N=C(O)Oc5ccc(C(=O)OCC(CC)CCCC)cc5)c4)c3=O)c2)cc1. The average Bonchev–Trinajstić information content (AvgIpc) is 0.749. The number of ether oxygens (including phenoxy) is 6. The van der Waals surface area contributed by atoms with Crippen molar-refractivity contribution >= 4 is 53.2 Å². The number of benzene rings is 6. The summed E-state index contributed by atoms with van der Waals surface area (Å²) in [6, 6.07) is 30.7. The highest BCUT2D eigenvalue weighted by Gasteiger charge is 2.24. The maximum atomic E-state index is 15.1. The van der Waals surface area contributed by atoms with Gasteiger partial charge in [0.2, 0.25) is 0 Å². The average molecular weight is 1270 g/mol. The number of hydrogen-bond acceptors (Lipinski definition) is 15. The van der Waals surface area contributed by atoms with Crippen LogP contribution in [0.3, 0.4) is 0 Å². The fourth-order valence-corrected chi connectivity index (χ4v) is 10.0. The highest BCUT2D eigenvalue weighted by Crippen LogP contribution is 2.28. The number of nitrogens with zero attached hydrogens (tertiary/aromatic N) is 6. The molecule has 0 spiro atoms. The van der Waals surface area contributed by atoms with Crippen molar-refractivity contribution in [3.8, 4) is 34.3 Å². The number of unbranched alkanes of at least 4 members (excludes halogenated alkanes) is 3. The van der Waals surface area contributed by atoms with Crippen LogP contribution in [0.25, 0.3) is 17.1 Å². The van der Waals surface area contributed by atoms with Crippen molar-refractivity contribution < 1.29 is 58.1 Å². The first kappa shape index (κ1) is 70.4. The van der Waals surface area contributed by atoms with Crippen molar-refractivity contribution in [3.63, 3.8) is 0 Å². The summed E-state index contributed by atoms with van der Waals surface area (Å²) in [6.07, 6.45) is 9.29. The number of esters is 3. The predicted octanol–water partition coefficient (Wildman–Crippen LogP) is 15.1. The zero-order valence-corrected chi connectivity index (χ0v) is 54.4. The van der Waals surface area contributed by atoms with Gasteiger partial charge in [-0.05, 0) is 184 Å². The van der Waals surface area contributed by atoms with Crippen LogP contribution in [0.4, 0.5) is 17.1 Å². The van der Waals surface area contributed by atoms with Gasteiger partial charge in [0.05, 0.1) is 70.6 Å². The molecule has 7 rings (SSSR count). The topological polar surface area (TPSA) is 270 Å². The molecule has 93 heavy (non-hydrogen) atoms. The Morgan fingerprint density at radius 2 is 0.731 bits per heavy atom. The van der Waals surface area contributed by atoms with Crippen LogP contribution < -0.4 is 31.3 Å². The second-order valence-electron chi connectivity index (χ2n) is 22.9. The van der Waals surface area contributed by atoms with Crippen LogP contribution in [0.15, 0.2) is 157 Å². The number of aryl methyl sites for hydroxylation is 3. The molecule has 6 aromatic carbocycles. The van der Waals surface area contributed by atoms with Crippen LogP contribution in [0.5, 0.6) is 17.2 Å². The van der Waals surface area contributed by atoms with Crippen molar-refractivity contribution in [3.05, 3.63) is 192 Å². The van der Waals surface area contributed by atoms with Gasteiger partial charge < -0.3 is 43.7 Å². The molecule has 21 heteroatoms. The molecule has 0 radical (unpaired) electrons. The van der Waals surface area contributed by atoms with Crippen LogP contribution in [0.2, 0.25) is 0 Å². The Labute approximate surface area is 541 Å². The summed E-state index contributed by atoms with van der Waals surface area (Å²) < 4.78 is 35.8. The Morgan fingerprint density at radius 3 is 1.06 bits per heavy atom. The predicted molar refractivity (Wildman–Crippen MR) is 359 cm³/mol. The van der Waals surface area contributed by atoms with E-state index < -0.39 is 53.2 Å². The minimum absolute atomic E-state index is 0.0114. The molecule has 0 saturated heterocycles. The number of rotatable bonds is 30. The van der Waals surface area contributed by atoms with Gasteiger partial charge in [0.1, 0.15) is 17.2 Å². The number of carbonyl (C=O) groups is 3. The molecular formula is C72H84N6O15. The van der Waals surface area contributed by atoms with Crippen molar-refractivity contribution in [2.45, 2.75) is 139 Å². The normalized spacial score (nSPS) is 12.8. The molecule has 3 atom stereocenters. The van der Waals surface area contributed by atoms with E-state index in [0.29, 0.717) is 36.5 Å². The van der Waals surface area contributed by atoms with E-state index in [9.17, 15) is 29.7 Å². The first-order chi connectivity index (χ1) is 44.8. The monoisotopic (exact) mass is 1270 g/mol. The van der Waals surface area contributed by atoms with Crippen LogP contribution in [0, 0.1) is 38.5 Å². The number of hydrogen-bond donors (Lipinski definition) is 3. The summed E-state index contributed by atoms with van der Waals surface area (Å²) in [6.45, 7) is 18.3. The fourth-order valence-electron chi connectivity index (χ4n) is 10.0. The Balaban J connectivity index is 1.23. The molecule has 0 bridgehead atoms. The minimum atomic E-state index is -1.15. The van der Waals surface area contributed by atoms with Crippen LogP contribution in [-0.4, -0.2) is 85.0 Å².